The van der Waals surface area contributed by atoms with Gasteiger partial charge >= 0.3 is 5.97 Å². The summed E-state index contributed by atoms with van der Waals surface area (Å²) in [7, 11) is 4.68. The Kier molecular flexibility index (Phi) is 19.1. The number of carboxylic acids is 1. The molecule has 11 atom stereocenters. The number of piperidine rings is 1. The molecule has 5 rings (SSSR count). The summed E-state index contributed by atoms with van der Waals surface area (Å²) in [5, 5.41) is 15.7. The van der Waals surface area contributed by atoms with E-state index in [2.05, 4.69) is 10.6 Å². The minimum absolute atomic E-state index is 0.0168. The predicted molar refractivity (Wildman–Crippen MR) is 249 cm³/mol. The Balaban J connectivity index is 1.22. The molecule has 1 aromatic carbocycles. The van der Waals surface area contributed by atoms with Crippen molar-refractivity contribution >= 4 is 47.3 Å². The minimum atomic E-state index is -1.16. The third-order valence-electron chi connectivity index (χ3n) is 14.7. The predicted octanol–water partition coefficient (Wildman–Crippen LogP) is 3.72. The summed E-state index contributed by atoms with van der Waals surface area (Å²) in [5.74, 6) is -4.59. The Morgan fingerprint density at radius 1 is 0.881 bits per heavy atom. The molecule has 4 aliphatic rings. The number of fused-ring (bicyclic) bond motifs is 2. The van der Waals surface area contributed by atoms with Crippen molar-refractivity contribution in [1.82, 2.24) is 30.2 Å². The van der Waals surface area contributed by atoms with Gasteiger partial charge in [-0.05, 0) is 68.3 Å². The highest BCUT2D eigenvalue weighted by Crippen LogP contribution is 2.43. The zero-order valence-corrected chi connectivity index (χ0v) is 40.7. The Hall–Kier alpha value is -5.16. The lowest BCUT2D eigenvalue weighted by Crippen LogP contribution is -2.60. The average molecular weight is 935 g/mol. The largest absolute Gasteiger partial charge is 0.480 e. The number of unbranched alkanes of at least 4 members (excludes halogenated alkanes) is 2. The molecule has 1 aliphatic carbocycles. The van der Waals surface area contributed by atoms with Crippen LogP contribution in [-0.4, -0.2) is 155 Å². The number of carbonyl (C=O) groups excluding carboxylic acids is 7. The standard InChI is InChI=1S/C50H74N6O11/c1-9-31(4)44(38(66-7)29-42(60)54-26-16-19-37(54)46(67-8)32(5)47(61)51-36(50(64)65)27-33-17-12-10-13-18-33)53(6)49(63)43(30(2)3)52-48(62)45-34-21-22-35(28-34)56(45)41(59)20-14-11-15-25-55-39(57)23-24-40(55)58/h10,12-13,17-18,23-24,30-32,34-38,43-46H,9,11,14-16,19-22,25-29H2,1-8H3,(H,51,61)(H,52,62)(H,64,65)/t31-,32+,34-,35+,36-,37-,38+,43-,44-,45-,46+/m0/s1. The van der Waals surface area contributed by atoms with Crippen LogP contribution >= 0.6 is 0 Å². The lowest BCUT2D eigenvalue weighted by atomic mass is 9.89. The van der Waals surface area contributed by atoms with Gasteiger partial charge in [-0.2, -0.15) is 0 Å². The second-order valence-corrected chi connectivity index (χ2v) is 19.4. The van der Waals surface area contributed by atoms with Gasteiger partial charge in [0, 0.05) is 65.4 Å². The normalized spacial score (nSPS) is 23.2. The lowest BCUT2D eigenvalue weighted by molar-refractivity contribution is -0.149. The molecule has 17 nitrogen and oxygen atoms in total. The molecule has 2 bridgehead atoms. The van der Waals surface area contributed by atoms with E-state index < -0.39 is 60.2 Å². The second-order valence-electron chi connectivity index (χ2n) is 19.4. The van der Waals surface area contributed by atoms with Crippen molar-refractivity contribution in [3.63, 3.8) is 0 Å². The van der Waals surface area contributed by atoms with Gasteiger partial charge in [-0.15, -0.1) is 0 Å². The number of methoxy groups -OCH3 is 2. The number of nitrogens with one attached hydrogen (secondary N) is 2. The van der Waals surface area contributed by atoms with Crippen molar-refractivity contribution in [1.29, 1.82) is 0 Å². The number of imide groups is 1. The summed E-state index contributed by atoms with van der Waals surface area (Å²) >= 11 is 0. The summed E-state index contributed by atoms with van der Waals surface area (Å²) in [6.45, 7) is 10.1. The first-order valence-corrected chi connectivity index (χ1v) is 24.3. The molecule has 1 saturated carbocycles. The molecule has 0 aromatic heterocycles. The van der Waals surface area contributed by atoms with Gasteiger partial charge in [0.2, 0.25) is 29.5 Å². The monoisotopic (exact) mass is 935 g/mol. The minimum Gasteiger partial charge on any atom is -0.480 e. The maximum Gasteiger partial charge on any atom is 0.326 e. The van der Waals surface area contributed by atoms with Crippen LogP contribution in [0.4, 0.5) is 0 Å². The molecule has 2 saturated heterocycles. The van der Waals surface area contributed by atoms with Gasteiger partial charge in [-0.25, -0.2) is 4.79 Å². The van der Waals surface area contributed by atoms with Crippen LogP contribution in [0.15, 0.2) is 42.5 Å². The number of ether oxygens (including phenoxy) is 2. The summed E-state index contributed by atoms with van der Waals surface area (Å²) in [6, 6.07) is 5.19. The van der Waals surface area contributed by atoms with Gasteiger partial charge in [-0.3, -0.25) is 38.5 Å². The van der Waals surface area contributed by atoms with Crippen molar-refractivity contribution in [3.05, 3.63) is 48.0 Å². The zero-order valence-electron chi connectivity index (χ0n) is 40.7. The molecule has 370 valence electrons. The second kappa shape index (κ2) is 24.2. The van der Waals surface area contributed by atoms with E-state index in [0.29, 0.717) is 51.6 Å². The number of nitrogens with zero attached hydrogens (tertiary/aromatic N) is 4. The molecular weight excluding hydrogens is 861 g/mol. The molecule has 0 unspecified atom stereocenters. The van der Waals surface area contributed by atoms with Crippen LogP contribution in [0.3, 0.4) is 0 Å². The van der Waals surface area contributed by atoms with Crippen LogP contribution in [0, 0.1) is 23.7 Å². The Labute approximate surface area is 395 Å². The zero-order chi connectivity index (χ0) is 49.1. The maximum atomic E-state index is 14.7. The van der Waals surface area contributed by atoms with Gasteiger partial charge < -0.3 is 39.9 Å². The van der Waals surface area contributed by atoms with Crippen molar-refractivity contribution in [2.24, 2.45) is 23.7 Å². The van der Waals surface area contributed by atoms with Crippen molar-refractivity contribution in [2.75, 3.05) is 34.4 Å². The fraction of sp³-hybridized carbons (Fsp3) is 0.680. The summed E-state index contributed by atoms with van der Waals surface area (Å²) in [4.78, 5) is 113. The molecule has 3 fully saturated rings. The summed E-state index contributed by atoms with van der Waals surface area (Å²) in [5.41, 5.74) is 0.767. The molecule has 67 heavy (non-hydrogen) atoms. The van der Waals surface area contributed by atoms with Gasteiger partial charge in [0.1, 0.15) is 18.1 Å². The molecule has 17 heteroatoms. The number of likely N-dealkylation sites (N-methyl/N-ethyl adjacent to an activating group) is 1. The quantitative estimate of drug-likeness (QED) is 0.0950. The van der Waals surface area contributed by atoms with Crippen LogP contribution < -0.4 is 10.6 Å². The highest BCUT2D eigenvalue weighted by Gasteiger charge is 2.52. The number of carbonyl (C=O) groups is 8. The number of hydrogen-bond donors (Lipinski definition) is 3. The Morgan fingerprint density at radius 2 is 1.57 bits per heavy atom. The first-order valence-electron chi connectivity index (χ1n) is 24.3. The van der Waals surface area contributed by atoms with E-state index in [-0.39, 0.29) is 78.5 Å². The third kappa shape index (κ3) is 12.7. The van der Waals surface area contributed by atoms with Crippen molar-refractivity contribution < 1.29 is 52.9 Å². The fourth-order valence-corrected chi connectivity index (χ4v) is 10.8. The number of amides is 7. The van der Waals surface area contributed by atoms with Crippen LogP contribution in [0.1, 0.15) is 111 Å². The van der Waals surface area contributed by atoms with Crippen molar-refractivity contribution in [2.45, 2.75) is 160 Å². The molecular formula is C50H74N6O11. The number of hydrogen-bond acceptors (Lipinski definition) is 10. The molecule has 3 N–H and O–H groups in total. The number of rotatable bonds is 25. The Bertz CT molecular complexity index is 1940. The molecule has 7 amide bonds. The topological polar surface area (TPSA) is 212 Å². The van der Waals surface area contributed by atoms with Gasteiger partial charge in [0.05, 0.1) is 36.6 Å². The fourth-order valence-electron chi connectivity index (χ4n) is 10.8. The number of benzene rings is 1. The highest BCUT2D eigenvalue weighted by atomic mass is 16.5. The van der Waals surface area contributed by atoms with Gasteiger partial charge in [-0.1, -0.05) is 77.8 Å². The number of carboxylic acid groups (broad SMARTS) is 1. The van der Waals surface area contributed by atoms with E-state index in [0.717, 1.165) is 24.8 Å². The van der Waals surface area contributed by atoms with Crippen LogP contribution in [0.25, 0.3) is 0 Å². The number of likely N-dealkylation sites (tertiary alicyclic amines) is 2. The molecule has 1 aromatic rings. The van der Waals surface area contributed by atoms with Crippen LogP contribution in [0.2, 0.25) is 0 Å². The maximum absolute atomic E-state index is 14.7. The first kappa shape index (κ1) is 52.8. The van der Waals surface area contributed by atoms with E-state index in [1.54, 1.807) is 40.8 Å². The van der Waals surface area contributed by atoms with E-state index in [1.807, 2.05) is 45.9 Å². The van der Waals surface area contributed by atoms with Gasteiger partial charge in [0.15, 0.2) is 0 Å². The molecule has 0 radical (unpaired) electrons. The smallest absolute Gasteiger partial charge is 0.326 e. The van der Waals surface area contributed by atoms with Gasteiger partial charge in [0.25, 0.3) is 11.8 Å². The van der Waals surface area contributed by atoms with Crippen molar-refractivity contribution in [3.8, 4) is 0 Å². The molecule has 3 heterocycles. The van der Waals surface area contributed by atoms with E-state index in [9.17, 15) is 43.5 Å². The Morgan fingerprint density at radius 3 is 2.18 bits per heavy atom. The summed E-state index contributed by atoms with van der Waals surface area (Å²) in [6.07, 6.45) is 7.35. The lowest BCUT2D eigenvalue weighted by Gasteiger charge is -2.41. The summed E-state index contributed by atoms with van der Waals surface area (Å²) < 4.78 is 12.0. The van der Waals surface area contributed by atoms with Crippen LogP contribution in [0.5, 0.6) is 0 Å². The van der Waals surface area contributed by atoms with Crippen LogP contribution in [-0.2, 0) is 54.3 Å². The molecule has 0 spiro atoms. The highest BCUT2D eigenvalue weighted by molar-refractivity contribution is 6.12. The van der Waals surface area contributed by atoms with E-state index in [4.69, 9.17) is 9.47 Å². The molecule has 3 aliphatic heterocycles. The average Bonchev–Trinajstić information content (AvgIpc) is 4.13. The first-order chi connectivity index (χ1) is 31.9. The van der Waals surface area contributed by atoms with E-state index >= 15 is 0 Å². The number of aliphatic carboxylic acids is 1. The van der Waals surface area contributed by atoms with E-state index in [1.165, 1.54) is 31.3 Å². The third-order valence-corrected chi connectivity index (χ3v) is 14.7. The SMILES string of the molecule is CC[C@H](C)[C@@H]([C@@H](CC(=O)N1CCC[C@H]1[C@H](OC)[C@@H](C)C(=O)N[C@@H](Cc1ccccc1)C(=O)O)OC)N(C)C(=O)[C@@H](NC(=O)[C@@H]1[C@H]2CC[C@H](C2)N1C(=O)CCCCCN1C(=O)C=CC1=O)C(C)C.